The van der Waals surface area contributed by atoms with Gasteiger partial charge in [0.25, 0.3) is 5.91 Å². The van der Waals surface area contributed by atoms with Gasteiger partial charge in [-0.05, 0) is 25.5 Å². The van der Waals surface area contributed by atoms with Crippen LogP contribution in [0.1, 0.15) is 36.3 Å². The SMILES string of the molecule is CCCc1cc(C(=O)NC)cc(NCC)n1. The van der Waals surface area contributed by atoms with Gasteiger partial charge in [-0.3, -0.25) is 4.79 Å². The number of nitrogens with zero attached hydrogens (tertiary/aromatic N) is 1. The smallest absolute Gasteiger partial charge is 0.251 e. The number of hydrogen-bond donors (Lipinski definition) is 2. The predicted molar refractivity (Wildman–Crippen MR) is 65.8 cm³/mol. The number of pyridine rings is 1. The molecule has 2 N–H and O–H groups in total. The summed E-state index contributed by atoms with van der Waals surface area (Å²) in [4.78, 5) is 16.0. The van der Waals surface area contributed by atoms with Crippen LogP contribution in [0.3, 0.4) is 0 Å². The summed E-state index contributed by atoms with van der Waals surface area (Å²) in [6, 6.07) is 3.63. The molecule has 0 bridgehead atoms. The van der Waals surface area contributed by atoms with Crippen molar-refractivity contribution in [2.75, 3.05) is 18.9 Å². The Morgan fingerprint density at radius 2 is 2.12 bits per heavy atom. The Kier molecular flexibility index (Phi) is 4.76. The Morgan fingerprint density at radius 3 is 2.69 bits per heavy atom. The van der Waals surface area contributed by atoms with E-state index < -0.39 is 0 Å². The zero-order valence-electron chi connectivity index (χ0n) is 10.1. The first-order valence-corrected chi connectivity index (χ1v) is 5.68. The van der Waals surface area contributed by atoms with Crippen LogP contribution in [0.5, 0.6) is 0 Å². The van der Waals surface area contributed by atoms with Gasteiger partial charge in [0.2, 0.25) is 0 Å². The fourth-order valence-electron chi connectivity index (χ4n) is 1.52. The molecule has 1 rings (SSSR count). The zero-order valence-corrected chi connectivity index (χ0v) is 10.1. The van der Waals surface area contributed by atoms with Gasteiger partial charge >= 0.3 is 0 Å². The number of anilines is 1. The van der Waals surface area contributed by atoms with Crippen molar-refractivity contribution in [3.63, 3.8) is 0 Å². The standard InChI is InChI=1S/C12H19N3O/c1-4-6-10-7-9(12(16)13-3)8-11(15-10)14-5-2/h7-8H,4-6H2,1-3H3,(H,13,16)(H,14,15). The summed E-state index contributed by atoms with van der Waals surface area (Å²) in [5.41, 5.74) is 1.62. The van der Waals surface area contributed by atoms with Crippen LogP contribution >= 0.6 is 0 Å². The molecule has 0 aliphatic heterocycles. The van der Waals surface area contributed by atoms with Crippen LogP contribution in [0.25, 0.3) is 0 Å². The molecule has 1 aromatic rings. The van der Waals surface area contributed by atoms with Gasteiger partial charge in [0, 0.05) is 24.8 Å². The first-order valence-electron chi connectivity index (χ1n) is 5.68. The van der Waals surface area contributed by atoms with Crippen molar-refractivity contribution < 1.29 is 4.79 Å². The van der Waals surface area contributed by atoms with Crippen LogP contribution in [-0.4, -0.2) is 24.5 Å². The minimum absolute atomic E-state index is 0.0705. The highest BCUT2D eigenvalue weighted by Crippen LogP contribution is 2.12. The van der Waals surface area contributed by atoms with Crippen LogP contribution in [0, 0.1) is 0 Å². The average Bonchev–Trinajstić information content (AvgIpc) is 2.28. The van der Waals surface area contributed by atoms with E-state index in [4.69, 9.17) is 0 Å². The second-order valence-corrected chi connectivity index (χ2v) is 3.59. The molecule has 4 heteroatoms. The Morgan fingerprint density at radius 1 is 1.38 bits per heavy atom. The molecule has 0 fully saturated rings. The maximum Gasteiger partial charge on any atom is 0.251 e. The van der Waals surface area contributed by atoms with E-state index >= 15 is 0 Å². The molecule has 0 radical (unpaired) electrons. The number of carbonyl (C=O) groups excluding carboxylic acids is 1. The maximum atomic E-state index is 11.6. The Labute approximate surface area is 96.5 Å². The quantitative estimate of drug-likeness (QED) is 0.797. The maximum absolute atomic E-state index is 11.6. The number of aryl methyl sites for hydroxylation is 1. The molecule has 16 heavy (non-hydrogen) atoms. The fourth-order valence-corrected chi connectivity index (χ4v) is 1.52. The van der Waals surface area contributed by atoms with E-state index in [1.165, 1.54) is 0 Å². The first-order chi connectivity index (χ1) is 7.71. The Balaban J connectivity index is 3.02. The molecule has 0 atom stereocenters. The number of amides is 1. The molecule has 0 aromatic carbocycles. The summed E-state index contributed by atoms with van der Waals surface area (Å²) in [5, 5.41) is 5.76. The lowest BCUT2D eigenvalue weighted by molar-refractivity contribution is 0.0963. The normalized spacial score (nSPS) is 9.94. The third kappa shape index (κ3) is 3.22. The first kappa shape index (κ1) is 12.5. The van der Waals surface area contributed by atoms with E-state index in [9.17, 15) is 4.79 Å². The van der Waals surface area contributed by atoms with E-state index in [0.717, 1.165) is 30.9 Å². The predicted octanol–water partition coefficient (Wildman–Crippen LogP) is 1.83. The highest BCUT2D eigenvalue weighted by molar-refractivity contribution is 5.94. The largest absolute Gasteiger partial charge is 0.370 e. The molecule has 1 aromatic heterocycles. The fraction of sp³-hybridized carbons (Fsp3) is 0.500. The highest BCUT2D eigenvalue weighted by atomic mass is 16.1. The lowest BCUT2D eigenvalue weighted by Crippen LogP contribution is -2.18. The zero-order chi connectivity index (χ0) is 12.0. The van der Waals surface area contributed by atoms with Crippen LogP contribution in [-0.2, 0) is 6.42 Å². The van der Waals surface area contributed by atoms with E-state index in [0.29, 0.717) is 5.56 Å². The molecule has 0 saturated carbocycles. The monoisotopic (exact) mass is 221 g/mol. The second-order valence-electron chi connectivity index (χ2n) is 3.59. The van der Waals surface area contributed by atoms with Crippen molar-refractivity contribution >= 4 is 11.7 Å². The van der Waals surface area contributed by atoms with Crippen molar-refractivity contribution in [1.29, 1.82) is 0 Å². The van der Waals surface area contributed by atoms with Gasteiger partial charge in [0.15, 0.2) is 0 Å². The summed E-state index contributed by atoms with van der Waals surface area (Å²) >= 11 is 0. The van der Waals surface area contributed by atoms with Gasteiger partial charge in [-0.15, -0.1) is 0 Å². The molecule has 4 nitrogen and oxygen atoms in total. The van der Waals surface area contributed by atoms with Gasteiger partial charge in [0.1, 0.15) is 5.82 Å². The minimum Gasteiger partial charge on any atom is -0.370 e. The molecule has 0 saturated heterocycles. The van der Waals surface area contributed by atoms with Gasteiger partial charge in [-0.1, -0.05) is 13.3 Å². The summed E-state index contributed by atoms with van der Waals surface area (Å²) in [5.74, 6) is 0.700. The molecule has 0 spiro atoms. The number of nitrogens with one attached hydrogen (secondary N) is 2. The molecular formula is C12H19N3O. The molecule has 1 amide bonds. The number of aromatic nitrogens is 1. The van der Waals surface area contributed by atoms with Crippen molar-refractivity contribution in [1.82, 2.24) is 10.3 Å². The number of carbonyl (C=O) groups is 1. The summed E-state index contributed by atoms with van der Waals surface area (Å²) in [6.07, 6.45) is 1.92. The Hall–Kier alpha value is -1.58. The average molecular weight is 221 g/mol. The van der Waals surface area contributed by atoms with Crippen LogP contribution < -0.4 is 10.6 Å². The molecule has 0 aliphatic rings. The summed E-state index contributed by atoms with van der Waals surface area (Å²) in [7, 11) is 1.63. The molecule has 88 valence electrons. The van der Waals surface area contributed by atoms with Gasteiger partial charge in [-0.2, -0.15) is 0 Å². The van der Waals surface area contributed by atoms with Crippen LogP contribution in [0.4, 0.5) is 5.82 Å². The third-order valence-corrected chi connectivity index (χ3v) is 2.23. The van der Waals surface area contributed by atoms with Crippen molar-refractivity contribution in [3.05, 3.63) is 23.4 Å². The van der Waals surface area contributed by atoms with Gasteiger partial charge in [0.05, 0.1) is 0 Å². The van der Waals surface area contributed by atoms with Gasteiger partial charge in [-0.25, -0.2) is 4.98 Å². The third-order valence-electron chi connectivity index (χ3n) is 2.23. The lowest BCUT2D eigenvalue weighted by atomic mass is 10.1. The van der Waals surface area contributed by atoms with Crippen molar-refractivity contribution in [2.24, 2.45) is 0 Å². The topological polar surface area (TPSA) is 54.0 Å². The van der Waals surface area contributed by atoms with Crippen molar-refractivity contribution in [3.8, 4) is 0 Å². The lowest BCUT2D eigenvalue weighted by Gasteiger charge is -2.08. The van der Waals surface area contributed by atoms with Crippen molar-refractivity contribution in [2.45, 2.75) is 26.7 Å². The molecule has 0 unspecified atom stereocenters. The van der Waals surface area contributed by atoms with E-state index in [-0.39, 0.29) is 5.91 Å². The second kappa shape index (κ2) is 6.10. The molecule has 0 aliphatic carbocycles. The molecular weight excluding hydrogens is 202 g/mol. The van der Waals surface area contributed by atoms with E-state index in [1.807, 2.05) is 13.0 Å². The summed E-state index contributed by atoms with van der Waals surface area (Å²) in [6.45, 7) is 4.91. The molecule has 1 heterocycles. The van der Waals surface area contributed by atoms with E-state index in [2.05, 4.69) is 22.5 Å². The van der Waals surface area contributed by atoms with Crippen LogP contribution in [0.15, 0.2) is 12.1 Å². The Bertz CT molecular complexity index is 339. The van der Waals surface area contributed by atoms with E-state index in [1.54, 1.807) is 13.1 Å². The number of rotatable bonds is 5. The van der Waals surface area contributed by atoms with Crippen LogP contribution in [0.2, 0.25) is 0 Å². The van der Waals surface area contributed by atoms with Gasteiger partial charge < -0.3 is 10.6 Å². The number of hydrogen-bond acceptors (Lipinski definition) is 3. The highest BCUT2D eigenvalue weighted by Gasteiger charge is 2.07. The minimum atomic E-state index is -0.0705. The summed E-state index contributed by atoms with van der Waals surface area (Å²) < 4.78 is 0.